The zero-order valence-corrected chi connectivity index (χ0v) is 16.8. The molecule has 0 unspecified atom stereocenters. The fourth-order valence-corrected chi connectivity index (χ4v) is 3.96. The van der Waals surface area contributed by atoms with Gasteiger partial charge in [0.25, 0.3) is 0 Å². The Hall–Kier alpha value is -3.35. The molecule has 0 fully saturated rings. The largest absolute Gasteiger partial charge is 0.457 e. The van der Waals surface area contributed by atoms with E-state index in [1.807, 2.05) is 48.5 Å². The molecule has 1 aliphatic heterocycles. The Bertz CT molecular complexity index is 1210. The lowest BCUT2D eigenvalue weighted by Crippen LogP contribution is -2.25. The standard InChI is InChI=1S/C22H13Cl2N3O3/c23-13-9-12(10-14(24)11-13)21-26-27-22(30-21)25-20(28)19-15-5-1-3-7-17(15)29-18-8-4-2-6-16(18)19/h1-11,19H,(H,25,27,28). The van der Waals surface area contributed by atoms with Gasteiger partial charge in [0.2, 0.25) is 11.8 Å². The molecule has 1 amide bonds. The van der Waals surface area contributed by atoms with E-state index in [0.717, 1.165) is 11.1 Å². The molecular weight excluding hydrogens is 425 g/mol. The second-order valence-corrected chi connectivity index (χ2v) is 7.54. The summed E-state index contributed by atoms with van der Waals surface area (Å²) in [5, 5.41) is 11.5. The van der Waals surface area contributed by atoms with Crippen molar-refractivity contribution in [1.82, 2.24) is 10.2 Å². The average Bonchev–Trinajstić information content (AvgIpc) is 3.19. The van der Waals surface area contributed by atoms with E-state index in [-0.39, 0.29) is 17.8 Å². The highest BCUT2D eigenvalue weighted by atomic mass is 35.5. The maximum absolute atomic E-state index is 13.2. The number of rotatable bonds is 3. The van der Waals surface area contributed by atoms with E-state index in [2.05, 4.69) is 15.5 Å². The Morgan fingerprint density at radius 1 is 0.867 bits per heavy atom. The monoisotopic (exact) mass is 437 g/mol. The average molecular weight is 438 g/mol. The summed E-state index contributed by atoms with van der Waals surface area (Å²) in [5.74, 6) is 0.578. The molecule has 0 saturated carbocycles. The first kappa shape index (κ1) is 18.7. The maximum Gasteiger partial charge on any atom is 0.322 e. The molecule has 0 atom stereocenters. The Morgan fingerprint density at radius 2 is 1.47 bits per heavy atom. The minimum atomic E-state index is -0.581. The quantitative estimate of drug-likeness (QED) is 0.430. The Kier molecular flexibility index (Phi) is 4.65. The van der Waals surface area contributed by atoms with Gasteiger partial charge < -0.3 is 9.15 Å². The third-order valence-corrected chi connectivity index (χ3v) is 5.14. The van der Waals surface area contributed by atoms with Crippen molar-refractivity contribution in [2.75, 3.05) is 5.32 Å². The van der Waals surface area contributed by atoms with E-state index in [1.54, 1.807) is 18.2 Å². The van der Waals surface area contributed by atoms with Crippen LogP contribution in [-0.2, 0) is 4.79 Å². The van der Waals surface area contributed by atoms with Crippen LogP contribution in [0, 0.1) is 0 Å². The first-order valence-corrected chi connectivity index (χ1v) is 9.80. The van der Waals surface area contributed by atoms with Gasteiger partial charge in [-0.3, -0.25) is 10.1 Å². The van der Waals surface area contributed by atoms with Crippen LogP contribution < -0.4 is 10.1 Å². The molecule has 4 aromatic rings. The molecule has 6 nitrogen and oxygen atoms in total. The summed E-state index contributed by atoms with van der Waals surface area (Å²) in [7, 11) is 0. The molecular formula is C22H13Cl2N3O3. The molecule has 2 heterocycles. The molecule has 0 saturated heterocycles. The third kappa shape index (κ3) is 3.40. The SMILES string of the molecule is O=C(Nc1nnc(-c2cc(Cl)cc(Cl)c2)o1)C1c2ccccc2Oc2ccccc21. The van der Waals surface area contributed by atoms with Gasteiger partial charge in [0.15, 0.2) is 0 Å². The fraction of sp³-hybridized carbons (Fsp3) is 0.0455. The van der Waals surface area contributed by atoms with Gasteiger partial charge in [0.1, 0.15) is 11.5 Å². The van der Waals surface area contributed by atoms with Crippen LogP contribution in [0.25, 0.3) is 11.5 Å². The normalized spacial score (nSPS) is 12.6. The Morgan fingerprint density at radius 3 is 2.10 bits per heavy atom. The lowest BCUT2D eigenvalue weighted by atomic mass is 9.87. The summed E-state index contributed by atoms with van der Waals surface area (Å²) in [6.07, 6.45) is 0. The molecule has 5 rings (SSSR count). The van der Waals surface area contributed by atoms with Crippen molar-refractivity contribution in [2.24, 2.45) is 0 Å². The molecule has 1 aromatic heterocycles. The van der Waals surface area contributed by atoms with Crippen molar-refractivity contribution in [1.29, 1.82) is 0 Å². The zero-order valence-electron chi connectivity index (χ0n) is 15.3. The summed E-state index contributed by atoms with van der Waals surface area (Å²) in [6, 6.07) is 19.7. The van der Waals surface area contributed by atoms with E-state index in [1.165, 1.54) is 0 Å². The van der Waals surface area contributed by atoms with Crippen LogP contribution in [0.1, 0.15) is 17.0 Å². The molecule has 1 N–H and O–H groups in total. The topological polar surface area (TPSA) is 77.3 Å². The zero-order chi connectivity index (χ0) is 20.7. The van der Waals surface area contributed by atoms with Crippen LogP contribution in [0.15, 0.2) is 71.1 Å². The predicted octanol–water partition coefficient (Wildman–Crippen LogP) is 5.92. The van der Waals surface area contributed by atoms with Gasteiger partial charge in [-0.15, -0.1) is 5.10 Å². The van der Waals surface area contributed by atoms with Gasteiger partial charge in [-0.05, 0) is 30.3 Å². The lowest BCUT2D eigenvalue weighted by Gasteiger charge is -2.26. The number of anilines is 1. The molecule has 3 aromatic carbocycles. The summed E-state index contributed by atoms with van der Waals surface area (Å²) in [6.45, 7) is 0. The third-order valence-electron chi connectivity index (χ3n) is 4.71. The van der Waals surface area contributed by atoms with E-state index >= 15 is 0 Å². The number of halogens is 2. The predicted molar refractivity (Wildman–Crippen MR) is 113 cm³/mol. The highest BCUT2D eigenvalue weighted by Crippen LogP contribution is 2.44. The maximum atomic E-state index is 13.2. The van der Waals surface area contributed by atoms with Crippen LogP contribution in [0.3, 0.4) is 0 Å². The number of ether oxygens (including phenoxy) is 1. The highest BCUT2D eigenvalue weighted by molar-refractivity contribution is 6.35. The number of carbonyl (C=O) groups excluding carboxylic acids is 1. The van der Waals surface area contributed by atoms with Gasteiger partial charge in [0, 0.05) is 26.7 Å². The fourth-order valence-electron chi connectivity index (χ4n) is 3.44. The van der Waals surface area contributed by atoms with E-state index in [0.29, 0.717) is 27.1 Å². The molecule has 0 aliphatic carbocycles. The van der Waals surface area contributed by atoms with Crippen LogP contribution >= 0.6 is 23.2 Å². The highest BCUT2D eigenvalue weighted by Gasteiger charge is 2.33. The number of carbonyl (C=O) groups is 1. The van der Waals surface area contributed by atoms with Gasteiger partial charge in [-0.25, -0.2) is 0 Å². The van der Waals surface area contributed by atoms with Gasteiger partial charge >= 0.3 is 6.01 Å². The molecule has 0 spiro atoms. The Balaban J connectivity index is 1.46. The molecule has 8 heteroatoms. The van der Waals surface area contributed by atoms with Crippen molar-refractivity contribution < 1.29 is 13.9 Å². The number of nitrogens with one attached hydrogen (secondary N) is 1. The van der Waals surface area contributed by atoms with Gasteiger partial charge in [-0.1, -0.05) is 64.7 Å². The Labute approximate surface area is 181 Å². The van der Waals surface area contributed by atoms with Crippen molar-refractivity contribution in [3.8, 4) is 23.0 Å². The first-order chi connectivity index (χ1) is 14.6. The van der Waals surface area contributed by atoms with Crippen LogP contribution in [0.5, 0.6) is 11.5 Å². The summed E-state index contributed by atoms with van der Waals surface area (Å²) in [5.41, 5.74) is 2.08. The molecule has 0 bridgehead atoms. The number of para-hydroxylation sites is 2. The minimum Gasteiger partial charge on any atom is -0.457 e. The number of amides is 1. The summed E-state index contributed by atoms with van der Waals surface area (Å²) >= 11 is 12.1. The molecule has 1 aliphatic rings. The minimum absolute atomic E-state index is 0.0208. The second kappa shape index (κ2) is 7.48. The number of fused-ring (bicyclic) bond motifs is 2. The molecule has 148 valence electrons. The molecule has 30 heavy (non-hydrogen) atoms. The number of hydrogen-bond donors (Lipinski definition) is 1. The van der Waals surface area contributed by atoms with E-state index in [4.69, 9.17) is 32.4 Å². The van der Waals surface area contributed by atoms with Crippen molar-refractivity contribution in [3.05, 3.63) is 87.9 Å². The van der Waals surface area contributed by atoms with Gasteiger partial charge in [0.05, 0.1) is 5.92 Å². The van der Waals surface area contributed by atoms with Crippen LogP contribution in [-0.4, -0.2) is 16.1 Å². The van der Waals surface area contributed by atoms with Crippen LogP contribution in [0.4, 0.5) is 6.01 Å². The van der Waals surface area contributed by atoms with Crippen molar-refractivity contribution in [2.45, 2.75) is 5.92 Å². The number of benzene rings is 3. The van der Waals surface area contributed by atoms with Gasteiger partial charge in [-0.2, -0.15) is 0 Å². The number of nitrogens with zero attached hydrogens (tertiary/aromatic N) is 2. The second-order valence-electron chi connectivity index (χ2n) is 6.67. The number of hydrogen-bond acceptors (Lipinski definition) is 5. The smallest absolute Gasteiger partial charge is 0.322 e. The molecule has 0 radical (unpaired) electrons. The van der Waals surface area contributed by atoms with Crippen LogP contribution in [0.2, 0.25) is 10.0 Å². The van der Waals surface area contributed by atoms with E-state index in [9.17, 15) is 4.79 Å². The van der Waals surface area contributed by atoms with Crippen molar-refractivity contribution >= 4 is 35.1 Å². The van der Waals surface area contributed by atoms with Crippen molar-refractivity contribution in [3.63, 3.8) is 0 Å². The lowest BCUT2D eigenvalue weighted by molar-refractivity contribution is -0.117. The first-order valence-electron chi connectivity index (χ1n) is 9.05. The summed E-state index contributed by atoms with van der Waals surface area (Å²) < 4.78 is 11.6. The van der Waals surface area contributed by atoms with E-state index < -0.39 is 5.92 Å². The number of aromatic nitrogens is 2. The summed E-state index contributed by atoms with van der Waals surface area (Å²) in [4.78, 5) is 13.2.